The fraction of sp³-hybridized carbons (Fsp3) is 0.500. The lowest BCUT2D eigenvalue weighted by Crippen LogP contribution is -2.36. The summed E-state index contributed by atoms with van der Waals surface area (Å²) in [5.41, 5.74) is 0.309. The molecular weight excluding hydrogens is 669 g/mol. The van der Waals surface area contributed by atoms with Crippen LogP contribution in [0.2, 0.25) is 0 Å². The van der Waals surface area contributed by atoms with Crippen molar-refractivity contribution in [1.29, 1.82) is 0 Å². The molecule has 14 nitrogen and oxygen atoms in total. The number of nitrogens with zero attached hydrogens (tertiary/aromatic N) is 7. The summed E-state index contributed by atoms with van der Waals surface area (Å²) in [6, 6.07) is 1.85. The average molecular weight is 711 g/mol. The lowest BCUT2D eigenvalue weighted by molar-refractivity contribution is -0.870. The van der Waals surface area contributed by atoms with Crippen LogP contribution in [-0.2, 0) is 9.30 Å². The van der Waals surface area contributed by atoms with Crippen LogP contribution in [0.1, 0.15) is 56.1 Å². The van der Waals surface area contributed by atoms with Gasteiger partial charge in [0.1, 0.15) is 28.6 Å². The second-order valence-corrected chi connectivity index (χ2v) is 15.0. The Morgan fingerprint density at radius 3 is 2.50 bits per heavy atom. The first kappa shape index (κ1) is 37.2. The maximum atomic E-state index is 14.7. The molecule has 1 atom stereocenters. The van der Waals surface area contributed by atoms with Crippen molar-refractivity contribution < 1.29 is 42.0 Å². The first-order valence-corrected chi connectivity index (χ1v) is 18.1. The molecule has 48 heavy (non-hydrogen) atoms. The van der Waals surface area contributed by atoms with Gasteiger partial charge in [-0.05, 0) is 44.7 Å². The van der Waals surface area contributed by atoms with Gasteiger partial charge in [0.15, 0.2) is 5.82 Å². The highest BCUT2D eigenvalue weighted by Crippen LogP contribution is 2.35. The number of nitrogens with one attached hydrogen (secondary N) is 1. The number of pyridine rings is 1. The third-order valence-corrected chi connectivity index (χ3v) is 9.43. The number of thiazole rings is 1. The van der Waals surface area contributed by atoms with Crippen molar-refractivity contribution in [2.24, 2.45) is 0 Å². The topological polar surface area (TPSA) is 169 Å². The van der Waals surface area contributed by atoms with Crippen LogP contribution in [0.15, 0.2) is 36.1 Å². The fourth-order valence-corrected chi connectivity index (χ4v) is 6.02. The number of ether oxygens (including phenoxy) is 1. The van der Waals surface area contributed by atoms with Gasteiger partial charge in [-0.1, -0.05) is 6.92 Å². The minimum Gasteiger partial charge on any atom is -0.767 e. The van der Waals surface area contributed by atoms with Crippen molar-refractivity contribution in [1.82, 2.24) is 29.7 Å². The largest absolute Gasteiger partial charge is 0.767 e. The van der Waals surface area contributed by atoms with Crippen LogP contribution in [0.3, 0.4) is 0 Å². The van der Waals surface area contributed by atoms with Crippen LogP contribution in [0.25, 0.3) is 22.0 Å². The molecule has 4 heterocycles. The molecule has 1 amide bonds. The standard InChI is InChI=1S/C25H28F2N7O5PS.C5H14NO/c1-3-38-17-7-5-16(6-8-17)33-13-19(23(32-33)22-18(26)9-10-21(27)31-22)29-24(35)20-14-41-25(30-20)15-11-28-34(12-15)39-40(36,37)4-2;1-6(2,3)4-5-7/h9-14,16-17H,3-8H2,1-2H3,(H,29,35)(H,36,37);7H,4-5H2,1-3H3/q;+1/p-1. The van der Waals surface area contributed by atoms with Crippen molar-refractivity contribution >= 4 is 30.5 Å². The molecule has 0 saturated heterocycles. The average Bonchev–Trinajstić information content (AvgIpc) is 3.79. The summed E-state index contributed by atoms with van der Waals surface area (Å²) in [6.07, 6.45) is 7.45. The van der Waals surface area contributed by atoms with Gasteiger partial charge in [0.25, 0.3) is 5.91 Å². The van der Waals surface area contributed by atoms with E-state index in [0.29, 0.717) is 17.2 Å². The van der Waals surface area contributed by atoms with E-state index in [9.17, 15) is 23.0 Å². The van der Waals surface area contributed by atoms with Crippen LogP contribution in [0.4, 0.5) is 14.5 Å². The van der Waals surface area contributed by atoms with Crippen LogP contribution in [0, 0.1) is 11.8 Å². The van der Waals surface area contributed by atoms with Crippen molar-refractivity contribution in [3.63, 3.8) is 0 Å². The van der Waals surface area contributed by atoms with Crippen molar-refractivity contribution in [3.05, 3.63) is 53.6 Å². The molecule has 5 rings (SSSR count). The molecular formula is C30H41F2N8O6PS. The maximum absolute atomic E-state index is 14.7. The highest BCUT2D eigenvalue weighted by molar-refractivity contribution is 7.51. The number of halogens is 2. The van der Waals surface area contributed by atoms with Crippen molar-refractivity contribution in [2.75, 3.05) is 52.4 Å². The van der Waals surface area contributed by atoms with Gasteiger partial charge >= 0.3 is 0 Å². The minimum atomic E-state index is -4.08. The predicted molar refractivity (Wildman–Crippen MR) is 174 cm³/mol. The maximum Gasteiger partial charge on any atom is 0.275 e. The van der Waals surface area contributed by atoms with Gasteiger partial charge in [-0.3, -0.25) is 14.0 Å². The normalized spacial score (nSPS) is 17.7. The third-order valence-electron chi connectivity index (χ3n) is 7.35. The zero-order chi connectivity index (χ0) is 35.1. The molecule has 0 spiro atoms. The smallest absolute Gasteiger partial charge is 0.275 e. The number of carbonyl (C=O) groups excluding carboxylic acids is 1. The van der Waals surface area contributed by atoms with E-state index >= 15 is 0 Å². The molecule has 1 unspecified atom stereocenters. The predicted octanol–water partition coefficient (Wildman–Crippen LogP) is 4.00. The molecule has 18 heteroatoms. The van der Waals surface area contributed by atoms with E-state index in [1.54, 1.807) is 10.9 Å². The van der Waals surface area contributed by atoms with Crippen LogP contribution >= 0.6 is 18.9 Å². The van der Waals surface area contributed by atoms with E-state index in [1.165, 1.54) is 24.7 Å². The summed E-state index contributed by atoms with van der Waals surface area (Å²) in [5.74, 6) is -2.27. The highest BCUT2D eigenvalue weighted by atomic mass is 32.1. The summed E-state index contributed by atoms with van der Waals surface area (Å²) >= 11 is 1.13. The van der Waals surface area contributed by atoms with Crippen LogP contribution in [-0.4, -0.2) is 98.4 Å². The Hall–Kier alpha value is -3.60. The van der Waals surface area contributed by atoms with Gasteiger partial charge in [0.2, 0.25) is 13.5 Å². The van der Waals surface area contributed by atoms with Crippen LogP contribution < -0.4 is 14.8 Å². The number of aromatic nitrogens is 6. The van der Waals surface area contributed by atoms with E-state index in [4.69, 9.17) is 14.5 Å². The number of aliphatic hydroxyl groups is 1. The van der Waals surface area contributed by atoms with E-state index in [-0.39, 0.29) is 47.7 Å². The fourth-order valence-electron chi connectivity index (χ4n) is 4.78. The first-order valence-electron chi connectivity index (χ1n) is 15.5. The van der Waals surface area contributed by atoms with E-state index in [2.05, 4.69) is 46.6 Å². The molecule has 4 aromatic rings. The summed E-state index contributed by atoms with van der Waals surface area (Å²) in [5, 5.41) is 21.4. The van der Waals surface area contributed by atoms with Gasteiger partial charge in [0.05, 0.1) is 63.5 Å². The number of aliphatic hydroxyl groups excluding tert-OH is 1. The third kappa shape index (κ3) is 10.2. The zero-order valence-electron chi connectivity index (χ0n) is 27.5. The Balaban J connectivity index is 0.000000671. The number of carbonyl (C=O) groups is 1. The van der Waals surface area contributed by atoms with E-state index in [0.717, 1.165) is 65.0 Å². The monoisotopic (exact) mass is 710 g/mol. The number of amides is 1. The van der Waals surface area contributed by atoms with Gasteiger partial charge in [0, 0.05) is 24.3 Å². The highest BCUT2D eigenvalue weighted by Gasteiger charge is 2.27. The molecule has 4 aromatic heterocycles. The summed E-state index contributed by atoms with van der Waals surface area (Å²) in [6.45, 7) is 5.15. The Morgan fingerprint density at radius 1 is 1.15 bits per heavy atom. The molecule has 1 aliphatic rings. The zero-order valence-corrected chi connectivity index (χ0v) is 29.2. The quantitative estimate of drug-likeness (QED) is 0.125. The molecule has 2 N–H and O–H groups in total. The van der Waals surface area contributed by atoms with Crippen molar-refractivity contribution in [2.45, 2.75) is 51.7 Å². The number of hydrogen-bond donors (Lipinski definition) is 2. The lowest BCUT2D eigenvalue weighted by Gasteiger charge is -2.28. The molecule has 1 saturated carbocycles. The summed E-state index contributed by atoms with van der Waals surface area (Å²) < 4.78 is 53.5. The van der Waals surface area contributed by atoms with E-state index < -0.39 is 25.3 Å². The van der Waals surface area contributed by atoms with Crippen LogP contribution in [0.5, 0.6) is 0 Å². The van der Waals surface area contributed by atoms with Gasteiger partial charge < -0.3 is 29.2 Å². The Morgan fingerprint density at radius 2 is 1.88 bits per heavy atom. The molecule has 0 aromatic carbocycles. The second-order valence-electron chi connectivity index (χ2n) is 12.1. The number of rotatable bonds is 12. The molecule has 1 aliphatic carbocycles. The Bertz CT molecular complexity index is 1720. The number of anilines is 1. The molecule has 0 radical (unpaired) electrons. The van der Waals surface area contributed by atoms with E-state index in [1.807, 2.05) is 6.92 Å². The van der Waals surface area contributed by atoms with Gasteiger partial charge in [-0.15, -0.1) is 21.3 Å². The lowest BCUT2D eigenvalue weighted by atomic mass is 9.93. The number of hydrogen-bond acceptors (Lipinski definition) is 11. The molecule has 1 fully saturated rings. The first-order chi connectivity index (χ1) is 22.7. The number of likely N-dealkylation sites (N-methyl/N-ethyl adjacent to an activating group) is 1. The van der Waals surface area contributed by atoms with Gasteiger partial charge in [-0.25, -0.2) is 14.4 Å². The van der Waals surface area contributed by atoms with Gasteiger partial charge in [-0.2, -0.15) is 9.49 Å². The second kappa shape index (κ2) is 16.2. The Labute approximate surface area is 281 Å². The minimum absolute atomic E-state index is 0.00544. The Kier molecular flexibility index (Phi) is 12.6. The molecule has 0 bridgehead atoms. The molecule has 0 aliphatic heterocycles. The summed E-state index contributed by atoms with van der Waals surface area (Å²) in [4.78, 5) is 33.7. The molecule has 262 valence electrons. The SMILES string of the molecule is CCOC1CCC(n2cc(NC(=O)c3csc(-c4cnn(OP(=O)([O-])CC)c4)n3)c(-c3nc(F)ccc3F)n2)CC1.C[N+](C)(C)CCO. The number of quaternary nitrogens is 1. The summed E-state index contributed by atoms with van der Waals surface area (Å²) in [7, 11) is 2.08. The van der Waals surface area contributed by atoms with Crippen molar-refractivity contribution in [3.8, 4) is 22.0 Å².